The number of hydrogen-bond donors (Lipinski definition) is 2. The number of rotatable bonds is 7. The fourth-order valence-electron chi connectivity index (χ4n) is 2.27. The molecule has 0 radical (unpaired) electrons. The Kier molecular flexibility index (Phi) is 7.27. The van der Waals surface area contributed by atoms with Gasteiger partial charge >= 0.3 is 0 Å². The van der Waals surface area contributed by atoms with Crippen LogP contribution < -0.4 is 29.8 Å². The largest absolute Gasteiger partial charge is 0.497 e. The van der Waals surface area contributed by atoms with E-state index in [1.165, 1.54) is 46.6 Å². The fourth-order valence-corrected chi connectivity index (χ4v) is 2.27. The summed E-state index contributed by atoms with van der Waals surface area (Å²) in [5, 5.41) is 0. The predicted octanol–water partition coefficient (Wildman–Crippen LogP) is 2.20. The molecule has 0 aliphatic heterocycles. The summed E-state index contributed by atoms with van der Waals surface area (Å²) in [7, 11) is 6.04. The quantitative estimate of drug-likeness (QED) is 0.560. The normalized spacial score (nSPS) is 10.3. The van der Waals surface area contributed by atoms with Crippen LogP contribution in [0.3, 0.4) is 0 Å². The van der Waals surface area contributed by atoms with Gasteiger partial charge in [-0.15, -0.1) is 0 Å². The lowest BCUT2D eigenvalue weighted by Crippen LogP contribution is -2.40. The third-order valence-corrected chi connectivity index (χ3v) is 3.71. The van der Waals surface area contributed by atoms with E-state index in [-0.39, 0.29) is 5.56 Å². The third-order valence-electron chi connectivity index (χ3n) is 3.71. The highest BCUT2D eigenvalue weighted by molar-refractivity contribution is 5.98. The van der Waals surface area contributed by atoms with Gasteiger partial charge in [0.25, 0.3) is 11.8 Å². The summed E-state index contributed by atoms with van der Waals surface area (Å²) in [5.74, 6) is 1.09. The van der Waals surface area contributed by atoms with Crippen LogP contribution in [0.15, 0.2) is 42.5 Å². The van der Waals surface area contributed by atoms with E-state index >= 15 is 0 Å². The third kappa shape index (κ3) is 5.66. The number of hydrogen-bond acceptors (Lipinski definition) is 6. The van der Waals surface area contributed by atoms with E-state index in [1.54, 1.807) is 30.3 Å². The highest BCUT2D eigenvalue weighted by Crippen LogP contribution is 2.23. The fraction of sp³-hybridized carbons (Fsp3) is 0.200. The van der Waals surface area contributed by atoms with Crippen LogP contribution in [0, 0.1) is 0 Å². The van der Waals surface area contributed by atoms with Gasteiger partial charge in [-0.1, -0.05) is 0 Å². The molecule has 0 aromatic heterocycles. The van der Waals surface area contributed by atoms with Crippen molar-refractivity contribution in [3.05, 3.63) is 53.6 Å². The van der Waals surface area contributed by atoms with Gasteiger partial charge in [0.15, 0.2) is 0 Å². The molecule has 0 heterocycles. The molecule has 8 nitrogen and oxygen atoms in total. The molecule has 0 saturated carbocycles. The minimum absolute atomic E-state index is 0.276. The van der Waals surface area contributed by atoms with Crippen molar-refractivity contribution < 1.29 is 28.5 Å². The Bertz CT molecular complexity index is 834. The molecular weight excluding hydrogens is 364 g/mol. The van der Waals surface area contributed by atoms with Gasteiger partial charge in [0.05, 0.1) is 28.4 Å². The minimum Gasteiger partial charge on any atom is -0.497 e. The molecule has 148 valence electrons. The molecule has 0 fully saturated rings. The first-order valence-corrected chi connectivity index (χ1v) is 8.23. The number of nitrogens with one attached hydrogen (secondary N) is 2. The summed E-state index contributed by atoms with van der Waals surface area (Å²) >= 11 is 0. The van der Waals surface area contributed by atoms with Crippen molar-refractivity contribution in [2.24, 2.45) is 0 Å². The summed E-state index contributed by atoms with van der Waals surface area (Å²) in [4.78, 5) is 24.2. The first-order chi connectivity index (χ1) is 13.5. The molecule has 2 aromatic rings. The van der Waals surface area contributed by atoms with Crippen LogP contribution >= 0.6 is 0 Å². The summed E-state index contributed by atoms with van der Waals surface area (Å²) < 4.78 is 20.6. The Morgan fingerprint density at radius 2 is 1.18 bits per heavy atom. The van der Waals surface area contributed by atoms with Gasteiger partial charge in [-0.3, -0.25) is 20.4 Å². The van der Waals surface area contributed by atoms with E-state index in [0.29, 0.717) is 28.6 Å². The average molecular weight is 386 g/mol. The zero-order valence-electron chi connectivity index (χ0n) is 16.1. The standard InChI is InChI=1S/C20H22N2O6/c1-25-15-7-13(8-16(11-15)26-2)5-6-19(23)21-22-20(24)14-9-17(27-3)12-18(10-14)28-4/h5-12H,1-4H3,(H,21,23)(H,22,24)/b6-5+. The van der Waals surface area contributed by atoms with Crippen molar-refractivity contribution in [3.63, 3.8) is 0 Å². The molecule has 0 atom stereocenters. The van der Waals surface area contributed by atoms with Crippen molar-refractivity contribution in [1.82, 2.24) is 10.9 Å². The lowest BCUT2D eigenvalue weighted by molar-refractivity contribution is -0.117. The second kappa shape index (κ2) is 9.86. The molecule has 8 heteroatoms. The van der Waals surface area contributed by atoms with E-state index in [2.05, 4.69) is 10.9 Å². The van der Waals surface area contributed by atoms with Gasteiger partial charge in [-0.2, -0.15) is 0 Å². The summed E-state index contributed by atoms with van der Waals surface area (Å²) in [6.45, 7) is 0. The highest BCUT2D eigenvalue weighted by Gasteiger charge is 2.10. The number of carbonyl (C=O) groups excluding carboxylic acids is 2. The van der Waals surface area contributed by atoms with Crippen molar-refractivity contribution in [1.29, 1.82) is 0 Å². The molecule has 0 aliphatic carbocycles. The molecule has 0 bridgehead atoms. The Balaban J connectivity index is 2.00. The number of methoxy groups -OCH3 is 4. The van der Waals surface area contributed by atoms with Crippen LogP contribution in [-0.4, -0.2) is 40.3 Å². The van der Waals surface area contributed by atoms with Crippen LogP contribution in [0.2, 0.25) is 0 Å². The van der Waals surface area contributed by atoms with E-state index in [4.69, 9.17) is 18.9 Å². The first-order valence-electron chi connectivity index (χ1n) is 8.23. The smallest absolute Gasteiger partial charge is 0.269 e. The number of hydrazine groups is 1. The number of amides is 2. The van der Waals surface area contributed by atoms with Crippen molar-refractivity contribution >= 4 is 17.9 Å². The molecular formula is C20H22N2O6. The molecule has 0 aliphatic rings. The molecule has 2 N–H and O–H groups in total. The van der Waals surface area contributed by atoms with Crippen LogP contribution in [-0.2, 0) is 4.79 Å². The maximum Gasteiger partial charge on any atom is 0.269 e. The van der Waals surface area contributed by atoms with Gasteiger partial charge < -0.3 is 18.9 Å². The second-order valence-electron chi connectivity index (χ2n) is 5.52. The maximum atomic E-state index is 12.2. The van der Waals surface area contributed by atoms with Gasteiger partial charge in [0.2, 0.25) is 0 Å². The molecule has 0 spiro atoms. The molecule has 28 heavy (non-hydrogen) atoms. The predicted molar refractivity (Wildman–Crippen MR) is 104 cm³/mol. The molecule has 2 amide bonds. The Hall–Kier alpha value is -3.68. The topological polar surface area (TPSA) is 95.1 Å². The number of carbonyl (C=O) groups is 2. The molecule has 2 rings (SSSR count). The summed E-state index contributed by atoms with van der Waals surface area (Å²) in [6.07, 6.45) is 2.85. The number of benzene rings is 2. The summed E-state index contributed by atoms with van der Waals surface area (Å²) in [6, 6.07) is 9.91. The van der Waals surface area contributed by atoms with Gasteiger partial charge in [-0.25, -0.2) is 0 Å². The van der Waals surface area contributed by atoms with Gasteiger partial charge in [0, 0.05) is 23.8 Å². The second-order valence-corrected chi connectivity index (χ2v) is 5.52. The zero-order chi connectivity index (χ0) is 20.5. The van der Waals surface area contributed by atoms with Gasteiger partial charge in [-0.05, 0) is 35.9 Å². The molecule has 0 unspecified atom stereocenters. The maximum absolute atomic E-state index is 12.2. The SMILES string of the molecule is COc1cc(/C=C/C(=O)NNC(=O)c2cc(OC)cc(OC)c2)cc(OC)c1. The summed E-state index contributed by atoms with van der Waals surface area (Å²) in [5.41, 5.74) is 5.63. The van der Waals surface area contributed by atoms with Crippen LogP contribution in [0.1, 0.15) is 15.9 Å². The van der Waals surface area contributed by atoms with Crippen LogP contribution in [0.25, 0.3) is 6.08 Å². The van der Waals surface area contributed by atoms with E-state index < -0.39 is 11.8 Å². The molecule has 2 aromatic carbocycles. The number of ether oxygens (including phenoxy) is 4. The lowest BCUT2D eigenvalue weighted by atomic mass is 10.2. The Labute approximate surface area is 163 Å². The molecule has 0 saturated heterocycles. The minimum atomic E-state index is -0.512. The average Bonchev–Trinajstić information content (AvgIpc) is 2.74. The van der Waals surface area contributed by atoms with Gasteiger partial charge in [0.1, 0.15) is 23.0 Å². The van der Waals surface area contributed by atoms with E-state index in [1.807, 2.05) is 0 Å². The lowest BCUT2D eigenvalue weighted by Gasteiger charge is -2.09. The van der Waals surface area contributed by atoms with E-state index in [9.17, 15) is 9.59 Å². The highest BCUT2D eigenvalue weighted by atomic mass is 16.5. The van der Waals surface area contributed by atoms with Crippen LogP contribution in [0.4, 0.5) is 0 Å². The monoisotopic (exact) mass is 386 g/mol. The zero-order valence-corrected chi connectivity index (χ0v) is 16.1. The Morgan fingerprint density at radius 1 is 0.714 bits per heavy atom. The van der Waals surface area contributed by atoms with Crippen LogP contribution in [0.5, 0.6) is 23.0 Å². The van der Waals surface area contributed by atoms with E-state index in [0.717, 1.165) is 0 Å². The van der Waals surface area contributed by atoms with Crippen molar-refractivity contribution in [2.75, 3.05) is 28.4 Å². The van der Waals surface area contributed by atoms with Crippen molar-refractivity contribution in [3.8, 4) is 23.0 Å². The van der Waals surface area contributed by atoms with Crippen molar-refractivity contribution in [2.45, 2.75) is 0 Å². The Morgan fingerprint density at radius 3 is 1.64 bits per heavy atom. The first kappa shape index (κ1) is 20.6.